The second-order valence-electron chi connectivity index (χ2n) is 7.56. The molecule has 30 heavy (non-hydrogen) atoms. The Morgan fingerprint density at radius 1 is 1.07 bits per heavy atom. The lowest BCUT2D eigenvalue weighted by molar-refractivity contribution is -0.137. The number of allylic oxidation sites excluding steroid dienone is 3. The monoisotopic (exact) mass is 412 g/mol. The van der Waals surface area contributed by atoms with E-state index < -0.39 is 11.7 Å². The zero-order chi connectivity index (χ0) is 21.0. The van der Waals surface area contributed by atoms with Crippen molar-refractivity contribution in [2.75, 3.05) is 6.54 Å². The highest BCUT2D eigenvalue weighted by molar-refractivity contribution is 5.55. The summed E-state index contributed by atoms with van der Waals surface area (Å²) in [6.45, 7) is 0.984. The summed E-state index contributed by atoms with van der Waals surface area (Å²) in [5, 5.41) is 0. The van der Waals surface area contributed by atoms with Gasteiger partial charge in [-0.15, -0.1) is 0 Å². The molecule has 0 N–H and O–H groups in total. The summed E-state index contributed by atoms with van der Waals surface area (Å²) in [5.74, 6) is 0.687. The summed E-state index contributed by atoms with van der Waals surface area (Å²) >= 11 is 0. The van der Waals surface area contributed by atoms with Crippen LogP contribution in [0.2, 0.25) is 0 Å². The molecule has 2 aliphatic rings. The smallest absolute Gasteiger partial charge is 0.417 e. The lowest BCUT2D eigenvalue weighted by atomic mass is 9.88. The van der Waals surface area contributed by atoms with Gasteiger partial charge < -0.3 is 9.64 Å². The van der Waals surface area contributed by atoms with Crippen LogP contribution in [0.25, 0.3) is 6.08 Å². The number of hydrogen-bond donors (Lipinski definition) is 0. The maximum Gasteiger partial charge on any atom is 0.417 e. The first kappa shape index (κ1) is 20.3. The number of ether oxygens (including phenoxy) is 1. The summed E-state index contributed by atoms with van der Waals surface area (Å²) in [6, 6.07) is 10.3. The van der Waals surface area contributed by atoms with Crippen LogP contribution in [-0.2, 0) is 6.18 Å². The number of halogens is 3. The molecular weight excluding hydrogens is 389 g/mol. The van der Waals surface area contributed by atoms with Crippen molar-refractivity contribution in [1.82, 2.24) is 9.88 Å². The first-order valence-electron chi connectivity index (χ1n) is 10.1. The van der Waals surface area contributed by atoms with Gasteiger partial charge in [-0.1, -0.05) is 35.9 Å². The first-order chi connectivity index (χ1) is 14.5. The molecule has 0 bridgehead atoms. The number of alkyl halides is 3. The maximum absolute atomic E-state index is 12.7. The molecule has 1 aliphatic heterocycles. The number of nitrogens with zero attached hydrogens (tertiary/aromatic N) is 2. The molecule has 4 rings (SSSR count). The largest absolute Gasteiger partial charge is 0.439 e. The zero-order valence-electron chi connectivity index (χ0n) is 16.5. The van der Waals surface area contributed by atoms with Crippen LogP contribution in [0.3, 0.4) is 0 Å². The van der Waals surface area contributed by atoms with Crippen molar-refractivity contribution in [3.05, 3.63) is 83.7 Å². The Labute approximate surface area is 174 Å². The van der Waals surface area contributed by atoms with Gasteiger partial charge in [-0.05, 0) is 61.7 Å². The molecule has 0 spiro atoms. The van der Waals surface area contributed by atoms with Crippen molar-refractivity contribution >= 4 is 6.08 Å². The molecule has 0 radical (unpaired) electrons. The van der Waals surface area contributed by atoms with E-state index >= 15 is 0 Å². The van der Waals surface area contributed by atoms with Crippen molar-refractivity contribution in [1.29, 1.82) is 0 Å². The van der Waals surface area contributed by atoms with Crippen LogP contribution < -0.4 is 4.74 Å². The zero-order valence-corrected chi connectivity index (χ0v) is 16.5. The molecule has 1 aliphatic carbocycles. The van der Waals surface area contributed by atoms with Crippen LogP contribution in [0.15, 0.2) is 72.6 Å². The van der Waals surface area contributed by atoms with E-state index in [9.17, 15) is 13.2 Å². The van der Waals surface area contributed by atoms with Crippen molar-refractivity contribution < 1.29 is 17.9 Å². The number of aromatic nitrogens is 1. The second-order valence-corrected chi connectivity index (χ2v) is 7.56. The summed E-state index contributed by atoms with van der Waals surface area (Å²) in [4.78, 5) is 6.17. The molecule has 2 aromatic rings. The summed E-state index contributed by atoms with van der Waals surface area (Å²) in [6.07, 6.45) is 11.5. The minimum atomic E-state index is -4.41. The lowest BCUT2D eigenvalue weighted by Gasteiger charge is -2.34. The molecule has 0 saturated heterocycles. The summed E-state index contributed by atoms with van der Waals surface area (Å²) < 4.78 is 43.6. The SMILES string of the molecule is FC(F)(F)c1ccc(Oc2cccc(C=C3CCC(N4C=CC=CC4)CC3)c2)nc1. The average molecular weight is 412 g/mol. The summed E-state index contributed by atoms with van der Waals surface area (Å²) in [7, 11) is 0. The van der Waals surface area contributed by atoms with Crippen LogP contribution in [0.4, 0.5) is 13.2 Å². The van der Waals surface area contributed by atoms with Crippen LogP contribution >= 0.6 is 0 Å². The molecule has 1 fully saturated rings. The van der Waals surface area contributed by atoms with Gasteiger partial charge in [-0.3, -0.25) is 0 Å². The van der Waals surface area contributed by atoms with E-state index in [-0.39, 0.29) is 5.88 Å². The number of rotatable bonds is 4. The molecule has 3 nitrogen and oxygen atoms in total. The van der Waals surface area contributed by atoms with Gasteiger partial charge in [0.05, 0.1) is 5.56 Å². The standard InChI is InChI=1S/C24H23F3N2O/c25-24(26,27)20-9-12-23(28-17-20)30-22-6-4-5-19(16-22)15-18-7-10-21(11-8-18)29-13-2-1-3-14-29/h1-6,9,12-13,15-17,21H,7-8,10-11,14H2. The highest BCUT2D eigenvalue weighted by Crippen LogP contribution is 2.32. The molecular formula is C24H23F3N2O. The van der Waals surface area contributed by atoms with Crippen molar-refractivity contribution in [2.45, 2.75) is 37.9 Å². The minimum Gasteiger partial charge on any atom is -0.439 e. The first-order valence-corrected chi connectivity index (χ1v) is 10.1. The van der Waals surface area contributed by atoms with Gasteiger partial charge in [0.25, 0.3) is 0 Å². The highest BCUT2D eigenvalue weighted by atomic mass is 19.4. The van der Waals surface area contributed by atoms with E-state index in [0.717, 1.165) is 50.1 Å². The Morgan fingerprint density at radius 3 is 2.57 bits per heavy atom. The third-order valence-corrected chi connectivity index (χ3v) is 5.42. The minimum absolute atomic E-state index is 0.136. The topological polar surface area (TPSA) is 25.4 Å². The Hall–Kier alpha value is -3.02. The van der Waals surface area contributed by atoms with Gasteiger partial charge in [0, 0.05) is 24.8 Å². The number of hydrogen-bond acceptors (Lipinski definition) is 3. The molecule has 0 unspecified atom stereocenters. The second kappa shape index (κ2) is 8.78. The Morgan fingerprint density at radius 2 is 1.90 bits per heavy atom. The van der Waals surface area contributed by atoms with Crippen LogP contribution in [0.1, 0.15) is 36.8 Å². The van der Waals surface area contributed by atoms with E-state index in [2.05, 4.69) is 40.4 Å². The Bertz CT molecular complexity index is 951. The van der Waals surface area contributed by atoms with E-state index in [1.165, 1.54) is 11.6 Å². The van der Waals surface area contributed by atoms with Crippen molar-refractivity contribution in [2.24, 2.45) is 0 Å². The number of pyridine rings is 1. The van der Waals surface area contributed by atoms with Gasteiger partial charge in [0.2, 0.25) is 5.88 Å². The van der Waals surface area contributed by atoms with Crippen LogP contribution in [-0.4, -0.2) is 22.5 Å². The van der Waals surface area contributed by atoms with Crippen LogP contribution in [0.5, 0.6) is 11.6 Å². The third-order valence-electron chi connectivity index (χ3n) is 5.42. The average Bonchev–Trinajstić information content (AvgIpc) is 2.75. The lowest BCUT2D eigenvalue weighted by Crippen LogP contribution is -2.33. The van der Waals surface area contributed by atoms with Gasteiger partial charge in [-0.25, -0.2) is 4.98 Å². The van der Waals surface area contributed by atoms with Gasteiger partial charge >= 0.3 is 6.18 Å². The van der Waals surface area contributed by atoms with Crippen molar-refractivity contribution in [3.63, 3.8) is 0 Å². The molecule has 156 valence electrons. The van der Waals surface area contributed by atoms with E-state index in [1.54, 1.807) is 6.07 Å². The molecule has 1 aromatic carbocycles. The molecule has 1 aromatic heterocycles. The molecule has 0 atom stereocenters. The molecule has 6 heteroatoms. The van der Waals surface area contributed by atoms with E-state index in [0.29, 0.717) is 11.8 Å². The molecule has 2 heterocycles. The normalized spacial score (nSPS) is 19.1. The summed E-state index contributed by atoms with van der Waals surface area (Å²) in [5.41, 5.74) is 1.64. The Balaban J connectivity index is 1.38. The molecule has 0 amide bonds. The maximum atomic E-state index is 12.7. The Kier molecular flexibility index (Phi) is 5.93. The third kappa shape index (κ3) is 5.12. The molecule has 1 saturated carbocycles. The predicted octanol–water partition coefficient (Wildman–Crippen LogP) is 6.60. The predicted molar refractivity (Wildman–Crippen MR) is 111 cm³/mol. The highest BCUT2D eigenvalue weighted by Gasteiger charge is 2.30. The fourth-order valence-corrected chi connectivity index (χ4v) is 3.83. The van der Waals surface area contributed by atoms with Gasteiger partial charge in [-0.2, -0.15) is 13.2 Å². The van der Waals surface area contributed by atoms with Gasteiger partial charge in [0.15, 0.2) is 0 Å². The fourth-order valence-electron chi connectivity index (χ4n) is 3.83. The quantitative estimate of drug-likeness (QED) is 0.565. The van der Waals surface area contributed by atoms with Crippen molar-refractivity contribution in [3.8, 4) is 11.6 Å². The van der Waals surface area contributed by atoms with Crippen LogP contribution in [0, 0.1) is 0 Å². The van der Waals surface area contributed by atoms with E-state index in [1.807, 2.05) is 18.2 Å². The fraction of sp³-hybridized carbons (Fsp3) is 0.292. The van der Waals surface area contributed by atoms with E-state index in [4.69, 9.17) is 4.74 Å². The number of benzene rings is 1. The van der Waals surface area contributed by atoms with Gasteiger partial charge in [0.1, 0.15) is 5.75 Å².